The van der Waals surface area contributed by atoms with Crippen molar-refractivity contribution in [3.05, 3.63) is 0 Å². The SMILES string of the molecule is CN(C)S(=O)(=O)N(C)C1CC1(C)C. The molecule has 0 heterocycles. The van der Waals surface area contributed by atoms with Gasteiger partial charge in [-0.3, -0.25) is 0 Å². The summed E-state index contributed by atoms with van der Waals surface area (Å²) >= 11 is 0. The molecular weight excluding hydrogens is 188 g/mol. The molecule has 1 saturated carbocycles. The molecule has 0 bridgehead atoms. The van der Waals surface area contributed by atoms with Gasteiger partial charge in [-0.2, -0.15) is 17.0 Å². The number of hydrogen-bond donors (Lipinski definition) is 0. The van der Waals surface area contributed by atoms with Gasteiger partial charge in [0.2, 0.25) is 0 Å². The summed E-state index contributed by atoms with van der Waals surface area (Å²) < 4.78 is 26.0. The van der Waals surface area contributed by atoms with E-state index in [-0.39, 0.29) is 11.5 Å². The fourth-order valence-corrected chi connectivity index (χ4v) is 2.68. The lowest BCUT2D eigenvalue weighted by atomic mass is 10.2. The monoisotopic (exact) mass is 206 g/mol. The topological polar surface area (TPSA) is 40.6 Å². The molecule has 0 amide bonds. The molecule has 0 radical (unpaired) electrons. The first-order valence-corrected chi connectivity index (χ1v) is 5.75. The van der Waals surface area contributed by atoms with Gasteiger partial charge in [0.15, 0.2) is 0 Å². The first-order chi connectivity index (χ1) is 5.69. The van der Waals surface area contributed by atoms with Crippen LogP contribution in [0.3, 0.4) is 0 Å². The van der Waals surface area contributed by atoms with E-state index in [1.807, 2.05) is 0 Å². The van der Waals surface area contributed by atoms with E-state index in [0.29, 0.717) is 0 Å². The van der Waals surface area contributed by atoms with Crippen LogP contribution in [0.25, 0.3) is 0 Å². The molecule has 1 atom stereocenters. The lowest BCUT2D eigenvalue weighted by Crippen LogP contribution is -2.39. The standard InChI is InChI=1S/C8H18N2O2S/c1-8(2)6-7(8)10(5)13(11,12)9(3)4/h7H,6H2,1-5H3. The average Bonchev–Trinajstić information content (AvgIpc) is 2.57. The van der Waals surface area contributed by atoms with Crippen LogP contribution in [0.2, 0.25) is 0 Å². The Morgan fingerprint density at radius 3 is 1.85 bits per heavy atom. The fraction of sp³-hybridized carbons (Fsp3) is 1.00. The highest BCUT2D eigenvalue weighted by Crippen LogP contribution is 2.48. The highest BCUT2D eigenvalue weighted by Gasteiger charge is 2.51. The third kappa shape index (κ3) is 1.87. The highest BCUT2D eigenvalue weighted by molar-refractivity contribution is 7.86. The summed E-state index contributed by atoms with van der Waals surface area (Å²) in [4.78, 5) is 0. The van der Waals surface area contributed by atoms with Gasteiger partial charge in [0, 0.05) is 27.2 Å². The Hall–Kier alpha value is -0.130. The van der Waals surface area contributed by atoms with Crippen molar-refractivity contribution in [2.75, 3.05) is 21.1 Å². The first-order valence-electron chi connectivity index (χ1n) is 4.35. The van der Waals surface area contributed by atoms with Gasteiger partial charge < -0.3 is 0 Å². The molecule has 78 valence electrons. The van der Waals surface area contributed by atoms with Crippen LogP contribution in [0, 0.1) is 5.41 Å². The van der Waals surface area contributed by atoms with Crippen molar-refractivity contribution in [1.29, 1.82) is 0 Å². The van der Waals surface area contributed by atoms with Crippen LogP contribution in [-0.4, -0.2) is 44.2 Å². The maximum absolute atomic E-state index is 11.7. The van der Waals surface area contributed by atoms with Crippen LogP contribution in [-0.2, 0) is 10.2 Å². The molecule has 0 aliphatic heterocycles. The second kappa shape index (κ2) is 2.93. The quantitative estimate of drug-likeness (QED) is 0.675. The van der Waals surface area contributed by atoms with Gasteiger partial charge in [-0.15, -0.1) is 0 Å². The Balaban J connectivity index is 2.76. The van der Waals surface area contributed by atoms with Crippen molar-refractivity contribution in [3.8, 4) is 0 Å². The van der Waals surface area contributed by atoms with Gasteiger partial charge in [0.25, 0.3) is 10.2 Å². The van der Waals surface area contributed by atoms with Crippen LogP contribution in [0.4, 0.5) is 0 Å². The van der Waals surface area contributed by atoms with Crippen molar-refractivity contribution in [3.63, 3.8) is 0 Å². The molecular formula is C8H18N2O2S. The van der Waals surface area contributed by atoms with Crippen molar-refractivity contribution in [2.24, 2.45) is 5.41 Å². The third-order valence-electron chi connectivity index (χ3n) is 2.73. The Morgan fingerprint density at radius 1 is 1.23 bits per heavy atom. The summed E-state index contributed by atoms with van der Waals surface area (Å²) in [5.74, 6) is 0. The van der Waals surface area contributed by atoms with Crippen LogP contribution in [0.1, 0.15) is 20.3 Å². The van der Waals surface area contributed by atoms with E-state index < -0.39 is 10.2 Å². The molecule has 0 spiro atoms. The maximum atomic E-state index is 11.7. The lowest BCUT2D eigenvalue weighted by Gasteiger charge is -2.22. The molecule has 13 heavy (non-hydrogen) atoms. The second-order valence-corrected chi connectivity index (χ2v) is 6.72. The summed E-state index contributed by atoms with van der Waals surface area (Å²) in [5, 5.41) is 0. The minimum Gasteiger partial charge on any atom is -0.195 e. The molecule has 5 heteroatoms. The number of rotatable bonds is 3. The Kier molecular flexibility index (Phi) is 2.47. The summed E-state index contributed by atoms with van der Waals surface area (Å²) in [6.07, 6.45) is 0.955. The van der Waals surface area contributed by atoms with E-state index in [1.54, 1.807) is 21.1 Å². The van der Waals surface area contributed by atoms with Gasteiger partial charge in [0.05, 0.1) is 0 Å². The minimum atomic E-state index is -3.22. The van der Waals surface area contributed by atoms with E-state index >= 15 is 0 Å². The average molecular weight is 206 g/mol. The summed E-state index contributed by atoms with van der Waals surface area (Å²) in [7, 11) is 1.54. The van der Waals surface area contributed by atoms with E-state index in [2.05, 4.69) is 13.8 Å². The van der Waals surface area contributed by atoms with Crippen LogP contribution in [0.15, 0.2) is 0 Å². The Morgan fingerprint density at radius 2 is 1.62 bits per heavy atom. The molecule has 1 aliphatic rings. The molecule has 0 aromatic rings. The van der Waals surface area contributed by atoms with Gasteiger partial charge >= 0.3 is 0 Å². The number of nitrogens with zero attached hydrogens (tertiary/aromatic N) is 2. The van der Waals surface area contributed by atoms with E-state index in [1.165, 1.54) is 8.61 Å². The summed E-state index contributed by atoms with van der Waals surface area (Å²) in [6, 6.07) is 0.167. The van der Waals surface area contributed by atoms with Crippen molar-refractivity contribution >= 4 is 10.2 Å². The highest BCUT2D eigenvalue weighted by atomic mass is 32.2. The second-order valence-electron chi connectivity index (χ2n) is 4.51. The molecule has 1 aliphatic carbocycles. The smallest absolute Gasteiger partial charge is 0.195 e. The van der Waals surface area contributed by atoms with Crippen LogP contribution >= 0.6 is 0 Å². The predicted octanol–water partition coefficient (Wildman–Crippen LogP) is 0.523. The molecule has 0 N–H and O–H groups in total. The summed E-state index contributed by atoms with van der Waals surface area (Å²) in [6.45, 7) is 4.17. The third-order valence-corrected chi connectivity index (χ3v) is 4.63. The van der Waals surface area contributed by atoms with Crippen molar-refractivity contribution in [1.82, 2.24) is 8.61 Å². The molecule has 0 aromatic heterocycles. The van der Waals surface area contributed by atoms with Gasteiger partial charge in [0.1, 0.15) is 0 Å². The van der Waals surface area contributed by atoms with E-state index in [9.17, 15) is 8.42 Å². The Bertz CT molecular complexity index is 295. The largest absolute Gasteiger partial charge is 0.281 e. The molecule has 0 saturated heterocycles. The number of hydrogen-bond acceptors (Lipinski definition) is 2. The van der Waals surface area contributed by atoms with Crippen molar-refractivity contribution < 1.29 is 8.42 Å². The van der Waals surface area contributed by atoms with Crippen molar-refractivity contribution in [2.45, 2.75) is 26.3 Å². The molecule has 0 aromatic carbocycles. The fourth-order valence-electron chi connectivity index (χ4n) is 1.48. The molecule has 4 nitrogen and oxygen atoms in total. The minimum absolute atomic E-state index is 0.151. The lowest BCUT2D eigenvalue weighted by molar-refractivity contribution is 0.379. The van der Waals surface area contributed by atoms with E-state index in [0.717, 1.165) is 6.42 Å². The van der Waals surface area contributed by atoms with Crippen LogP contribution < -0.4 is 0 Å². The zero-order chi connectivity index (χ0) is 10.4. The first kappa shape index (κ1) is 10.9. The molecule has 1 fully saturated rings. The van der Waals surface area contributed by atoms with Gasteiger partial charge in [-0.25, -0.2) is 0 Å². The van der Waals surface area contributed by atoms with E-state index in [4.69, 9.17) is 0 Å². The summed E-state index contributed by atoms with van der Waals surface area (Å²) in [5.41, 5.74) is 0.151. The zero-order valence-electron chi connectivity index (χ0n) is 8.90. The Labute approximate surface area is 80.7 Å². The van der Waals surface area contributed by atoms with Gasteiger partial charge in [-0.1, -0.05) is 13.8 Å². The normalized spacial score (nSPS) is 26.8. The molecule has 1 rings (SSSR count). The molecule has 1 unspecified atom stereocenters. The van der Waals surface area contributed by atoms with Crippen LogP contribution in [0.5, 0.6) is 0 Å². The zero-order valence-corrected chi connectivity index (χ0v) is 9.72. The maximum Gasteiger partial charge on any atom is 0.281 e. The predicted molar refractivity (Wildman–Crippen MR) is 52.6 cm³/mol. The van der Waals surface area contributed by atoms with Gasteiger partial charge in [-0.05, 0) is 11.8 Å².